The van der Waals surface area contributed by atoms with Crippen LogP contribution in [0.5, 0.6) is 0 Å². The monoisotopic (exact) mass is 1050 g/mol. The van der Waals surface area contributed by atoms with Gasteiger partial charge in [-0.15, -0.1) is 0 Å². The molecule has 0 aliphatic rings. The fourth-order valence-electron chi connectivity index (χ4n) is 7.98. The molecule has 0 spiro atoms. The second kappa shape index (κ2) is 62.8. The molecule has 428 valence electrons. The number of ether oxygens (including phenoxy) is 3. The van der Waals surface area contributed by atoms with Gasteiger partial charge in [-0.3, -0.25) is 14.4 Å². The summed E-state index contributed by atoms with van der Waals surface area (Å²) in [5.74, 6) is -0.945. The van der Waals surface area contributed by atoms with E-state index in [1.54, 1.807) is 0 Å². The molecule has 0 aliphatic carbocycles. The van der Waals surface area contributed by atoms with E-state index in [9.17, 15) is 14.4 Å². The number of rotatable bonds is 54. The number of allylic oxidation sites excluding steroid dienone is 24. The number of hydrogen-bond donors (Lipinski definition) is 0. The highest BCUT2D eigenvalue weighted by Gasteiger charge is 2.19. The zero-order chi connectivity index (χ0) is 55.0. The lowest BCUT2D eigenvalue weighted by molar-refractivity contribution is -0.167. The molecule has 6 nitrogen and oxygen atoms in total. The highest BCUT2D eigenvalue weighted by atomic mass is 16.6. The molecule has 0 N–H and O–H groups in total. The Hall–Kier alpha value is -4.71. The van der Waals surface area contributed by atoms with E-state index in [1.165, 1.54) is 44.9 Å². The van der Waals surface area contributed by atoms with E-state index in [1.807, 2.05) is 0 Å². The minimum atomic E-state index is -0.804. The highest BCUT2D eigenvalue weighted by Crippen LogP contribution is 2.14. The van der Waals surface area contributed by atoms with E-state index < -0.39 is 6.10 Å². The standard InChI is InChI=1S/C70H112O6/c1-4-7-10-13-16-19-22-25-28-29-30-31-32-33-34-35-36-37-38-39-40-41-43-45-48-51-54-57-60-63-69(72)75-66-67(65-74-68(71)62-59-56-53-50-47-44-27-24-21-18-15-12-9-6-3)76-70(73)64-61-58-55-52-49-46-42-26-23-20-17-14-11-8-5-2/h7-8,10-11,15-20,24-28,30-31,33-34,36-37,39-40,42,67H,4-6,9,12-14,21-23,29,32,35,38,41,43-66H2,1-3H3/b10-7-,11-8-,18-15-,19-16-,20-17-,27-24-,28-25-,31-30-,34-33-,37-36-,40-39-,42-26-. The summed E-state index contributed by atoms with van der Waals surface area (Å²) in [5, 5.41) is 0. The molecule has 0 rings (SSSR count). The number of unbranched alkanes of at least 4 members (excludes halogenated alkanes) is 19. The van der Waals surface area contributed by atoms with Crippen LogP contribution >= 0.6 is 0 Å². The van der Waals surface area contributed by atoms with Crippen LogP contribution in [0.4, 0.5) is 0 Å². The third kappa shape index (κ3) is 60.2. The number of hydrogen-bond acceptors (Lipinski definition) is 6. The van der Waals surface area contributed by atoms with Crippen molar-refractivity contribution in [2.75, 3.05) is 13.2 Å². The number of carbonyl (C=O) groups is 3. The zero-order valence-corrected chi connectivity index (χ0v) is 49.0. The van der Waals surface area contributed by atoms with Gasteiger partial charge in [0.05, 0.1) is 0 Å². The Morgan fingerprint density at radius 3 is 0.803 bits per heavy atom. The summed E-state index contributed by atoms with van der Waals surface area (Å²) in [5.41, 5.74) is 0. The van der Waals surface area contributed by atoms with Crippen LogP contribution in [-0.2, 0) is 28.6 Å². The van der Waals surface area contributed by atoms with E-state index in [4.69, 9.17) is 14.2 Å². The van der Waals surface area contributed by atoms with Crippen molar-refractivity contribution in [2.24, 2.45) is 0 Å². The third-order valence-corrected chi connectivity index (χ3v) is 12.6. The molecule has 0 heterocycles. The summed E-state index contributed by atoms with van der Waals surface area (Å²) in [7, 11) is 0. The molecule has 6 heteroatoms. The van der Waals surface area contributed by atoms with Crippen LogP contribution in [0.15, 0.2) is 146 Å². The maximum absolute atomic E-state index is 12.9. The van der Waals surface area contributed by atoms with E-state index in [0.717, 1.165) is 173 Å². The second-order valence-electron chi connectivity index (χ2n) is 19.8. The normalized spacial score (nSPS) is 13.1. The van der Waals surface area contributed by atoms with Crippen LogP contribution in [-0.4, -0.2) is 37.2 Å². The van der Waals surface area contributed by atoms with E-state index >= 15 is 0 Å². The van der Waals surface area contributed by atoms with Gasteiger partial charge in [0.25, 0.3) is 0 Å². The first-order chi connectivity index (χ1) is 37.5. The van der Waals surface area contributed by atoms with Crippen molar-refractivity contribution in [3.8, 4) is 0 Å². The molecule has 0 saturated heterocycles. The molecule has 76 heavy (non-hydrogen) atoms. The zero-order valence-electron chi connectivity index (χ0n) is 49.0. The van der Waals surface area contributed by atoms with Gasteiger partial charge in [-0.25, -0.2) is 0 Å². The molecule has 0 aliphatic heterocycles. The molecule has 0 fully saturated rings. The first-order valence-electron chi connectivity index (χ1n) is 30.8. The Bertz CT molecular complexity index is 1680. The summed E-state index contributed by atoms with van der Waals surface area (Å²) < 4.78 is 16.9. The van der Waals surface area contributed by atoms with Crippen molar-refractivity contribution in [1.29, 1.82) is 0 Å². The quantitative estimate of drug-likeness (QED) is 0.0261. The predicted molar refractivity (Wildman–Crippen MR) is 329 cm³/mol. The van der Waals surface area contributed by atoms with Crippen LogP contribution in [0.3, 0.4) is 0 Å². The maximum Gasteiger partial charge on any atom is 0.306 e. The Balaban J connectivity index is 4.37. The lowest BCUT2D eigenvalue weighted by Gasteiger charge is -2.18. The average molecular weight is 1050 g/mol. The predicted octanol–water partition coefficient (Wildman–Crippen LogP) is 21.2. The largest absolute Gasteiger partial charge is 0.462 e. The SMILES string of the molecule is CC/C=C\C/C=C\C/C=C\C/C=C\C/C=C\C/C=C\C/C=C\CCCCCCCCCC(=O)OCC(COC(=O)CCCCCCC/C=C\C/C=C\CCCC)OC(=O)CCCCCCC/C=C\C/C=C\C/C=C\CC. The van der Waals surface area contributed by atoms with Crippen LogP contribution in [0, 0.1) is 0 Å². The Morgan fingerprint density at radius 2 is 0.513 bits per heavy atom. The first kappa shape index (κ1) is 71.3. The molecule has 0 aromatic carbocycles. The summed E-state index contributed by atoms with van der Waals surface area (Å²) >= 11 is 0. The van der Waals surface area contributed by atoms with Crippen LogP contribution in [0.2, 0.25) is 0 Å². The first-order valence-corrected chi connectivity index (χ1v) is 30.8. The molecule has 0 radical (unpaired) electrons. The van der Waals surface area contributed by atoms with Gasteiger partial charge in [-0.2, -0.15) is 0 Å². The molecule has 0 amide bonds. The lowest BCUT2D eigenvalue weighted by atomic mass is 10.1. The van der Waals surface area contributed by atoms with Gasteiger partial charge in [0.2, 0.25) is 0 Å². The minimum absolute atomic E-state index is 0.101. The van der Waals surface area contributed by atoms with Crippen LogP contribution in [0.1, 0.15) is 258 Å². The minimum Gasteiger partial charge on any atom is -0.462 e. The molecular weight excluding hydrogens is 937 g/mol. The molecule has 0 bridgehead atoms. The number of carbonyl (C=O) groups excluding carboxylic acids is 3. The van der Waals surface area contributed by atoms with Crippen LogP contribution in [0.25, 0.3) is 0 Å². The van der Waals surface area contributed by atoms with Gasteiger partial charge in [-0.05, 0) is 135 Å². The summed E-state index contributed by atoms with van der Waals surface area (Å²) in [6, 6.07) is 0. The summed E-state index contributed by atoms with van der Waals surface area (Å²) in [6.07, 6.45) is 89.9. The van der Waals surface area contributed by atoms with Crippen LogP contribution < -0.4 is 0 Å². The van der Waals surface area contributed by atoms with Crippen molar-refractivity contribution in [2.45, 2.75) is 264 Å². The molecule has 1 atom stereocenters. The number of esters is 3. The van der Waals surface area contributed by atoms with Gasteiger partial charge in [0.1, 0.15) is 13.2 Å². The Kier molecular flexibility index (Phi) is 58.9. The lowest BCUT2D eigenvalue weighted by Crippen LogP contribution is -2.30. The smallest absolute Gasteiger partial charge is 0.306 e. The summed E-state index contributed by atoms with van der Waals surface area (Å²) in [6.45, 7) is 6.33. The second-order valence-corrected chi connectivity index (χ2v) is 19.8. The van der Waals surface area contributed by atoms with Crippen molar-refractivity contribution in [3.05, 3.63) is 146 Å². The van der Waals surface area contributed by atoms with Gasteiger partial charge in [0, 0.05) is 19.3 Å². The molecule has 0 aromatic heterocycles. The average Bonchev–Trinajstić information content (AvgIpc) is 3.42. The molecule has 1 unspecified atom stereocenters. The van der Waals surface area contributed by atoms with Crippen molar-refractivity contribution in [3.63, 3.8) is 0 Å². The molecular formula is C70H112O6. The maximum atomic E-state index is 12.9. The topological polar surface area (TPSA) is 78.9 Å². The van der Waals surface area contributed by atoms with E-state index in [2.05, 4.69) is 167 Å². The van der Waals surface area contributed by atoms with Gasteiger partial charge in [-0.1, -0.05) is 250 Å². The fraction of sp³-hybridized carbons (Fsp3) is 0.614. The van der Waals surface area contributed by atoms with E-state index in [-0.39, 0.29) is 31.1 Å². The highest BCUT2D eigenvalue weighted by molar-refractivity contribution is 5.71. The van der Waals surface area contributed by atoms with Gasteiger partial charge >= 0.3 is 17.9 Å². The Morgan fingerprint density at radius 1 is 0.276 bits per heavy atom. The van der Waals surface area contributed by atoms with Crippen molar-refractivity contribution >= 4 is 17.9 Å². The third-order valence-electron chi connectivity index (χ3n) is 12.6. The molecule has 0 saturated carbocycles. The molecule has 0 aromatic rings. The van der Waals surface area contributed by atoms with E-state index in [0.29, 0.717) is 19.3 Å². The van der Waals surface area contributed by atoms with Crippen molar-refractivity contribution in [1.82, 2.24) is 0 Å². The van der Waals surface area contributed by atoms with Crippen molar-refractivity contribution < 1.29 is 28.6 Å². The van der Waals surface area contributed by atoms with Gasteiger partial charge in [0.15, 0.2) is 6.10 Å². The fourth-order valence-corrected chi connectivity index (χ4v) is 7.98. The Labute approximate surface area is 467 Å². The van der Waals surface area contributed by atoms with Gasteiger partial charge < -0.3 is 14.2 Å². The summed E-state index contributed by atoms with van der Waals surface area (Å²) in [4.78, 5) is 38.2.